The summed E-state index contributed by atoms with van der Waals surface area (Å²) in [5.74, 6) is 0. The Labute approximate surface area is 117 Å². The molecule has 0 saturated carbocycles. The first-order chi connectivity index (χ1) is 6.85. The van der Waals surface area contributed by atoms with Crippen molar-refractivity contribution in [3.8, 4) is 0 Å². The molecule has 0 aromatic carbocycles. The first kappa shape index (κ1) is 22.1. The molecule has 8 nitrogen and oxygen atoms in total. The predicted molar refractivity (Wildman–Crippen MR) is 59.5 cm³/mol. The van der Waals surface area contributed by atoms with E-state index in [1.807, 2.05) is 0 Å². The molecule has 7 N–H and O–H groups in total. The average molecular weight is 269 g/mol. The topological polar surface area (TPSA) is 145 Å². The maximum absolute atomic E-state index is 8.48. The van der Waals surface area contributed by atoms with Crippen molar-refractivity contribution >= 4 is 38.6 Å². The Hall–Kier alpha value is 0.897. The molecule has 0 heterocycles. The summed E-state index contributed by atoms with van der Waals surface area (Å²) in [7, 11) is -4.61. The normalized spacial score (nSPS) is 10.5. The van der Waals surface area contributed by atoms with Gasteiger partial charge in [-0.05, 0) is 0 Å². The average Bonchev–Trinajstić information content (AvgIpc) is 2.02. The van der Waals surface area contributed by atoms with Crippen molar-refractivity contribution in [3.63, 3.8) is 0 Å². The number of rotatable bonds is 6. The fourth-order valence-corrected chi connectivity index (χ4v) is 0.760. The quantitative estimate of drug-likeness (QED) is 0.237. The van der Waals surface area contributed by atoms with Gasteiger partial charge >= 0.3 is 38.6 Å². The van der Waals surface area contributed by atoms with Gasteiger partial charge in [-0.15, -0.1) is 0 Å². The van der Waals surface area contributed by atoms with Crippen molar-refractivity contribution in [2.75, 3.05) is 39.5 Å². The second kappa shape index (κ2) is 14.0. The monoisotopic (exact) mass is 269 g/mol. The standard InChI is InChI=1S/C6H15NO3.Na.H4O4Si.H/c8-4-1-7(2-5-9)3-6-10;;1-5(2,3)4;/h8-10H,1-6H2;;1-4H;. The Morgan fingerprint density at radius 1 is 0.688 bits per heavy atom. The molecule has 0 rings (SSSR count). The third-order valence-electron chi connectivity index (χ3n) is 1.25. The van der Waals surface area contributed by atoms with Gasteiger partial charge in [-0.1, -0.05) is 0 Å². The minimum atomic E-state index is -4.61. The van der Waals surface area contributed by atoms with Crippen molar-refractivity contribution < 1.29 is 34.5 Å². The van der Waals surface area contributed by atoms with Gasteiger partial charge in [0.25, 0.3) is 0 Å². The van der Waals surface area contributed by atoms with Crippen LogP contribution in [0.3, 0.4) is 0 Å². The number of hydrogen-bond donors (Lipinski definition) is 7. The summed E-state index contributed by atoms with van der Waals surface area (Å²) in [6, 6.07) is 0. The van der Waals surface area contributed by atoms with Gasteiger partial charge < -0.3 is 34.5 Å². The molecular weight excluding hydrogens is 249 g/mol. The summed E-state index contributed by atoms with van der Waals surface area (Å²) >= 11 is 0. The predicted octanol–water partition coefficient (Wildman–Crippen LogP) is -4.99. The van der Waals surface area contributed by atoms with Crippen molar-refractivity contribution in [1.82, 2.24) is 4.90 Å². The Balaban J connectivity index is -0.000000242. The number of aliphatic hydroxyl groups is 3. The number of hydrogen-bond acceptors (Lipinski definition) is 8. The fourth-order valence-electron chi connectivity index (χ4n) is 0.760. The maximum atomic E-state index is 8.48. The van der Waals surface area contributed by atoms with E-state index >= 15 is 0 Å². The number of aliphatic hydroxyl groups excluding tert-OH is 3. The van der Waals surface area contributed by atoms with Crippen LogP contribution >= 0.6 is 0 Å². The van der Waals surface area contributed by atoms with Crippen LogP contribution in [0.5, 0.6) is 0 Å². The van der Waals surface area contributed by atoms with Gasteiger partial charge in [-0.2, -0.15) is 0 Å². The summed E-state index contributed by atoms with van der Waals surface area (Å²) in [6.45, 7) is 1.75. The van der Waals surface area contributed by atoms with Gasteiger partial charge in [0, 0.05) is 19.6 Å². The molecule has 0 aromatic heterocycles. The molecule has 0 unspecified atom stereocenters. The van der Waals surface area contributed by atoms with E-state index in [0.29, 0.717) is 19.6 Å². The zero-order chi connectivity index (χ0) is 12.3. The van der Waals surface area contributed by atoms with E-state index in [4.69, 9.17) is 34.5 Å². The van der Waals surface area contributed by atoms with Gasteiger partial charge in [0.2, 0.25) is 0 Å². The van der Waals surface area contributed by atoms with Gasteiger partial charge in [-0.25, -0.2) is 0 Å². The molecule has 96 valence electrons. The van der Waals surface area contributed by atoms with Crippen molar-refractivity contribution in [2.45, 2.75) is 0 Å². The van der Waals surface area contributed by atoms with Crippen LogP contribution in [-0.4, -0.2) is 117 Å². The molecule has 0 saturated heterocycles. The Bertz CT molecular complexity index is 116. The second-order valence-corrected chi connectivity index (χ2v) is 3.81. The summed E-state index contributed by atoms with van der Waals surface area (Å²) in [5.41, 5.74) is 0. The van der Waals surface area contributed by atoms with Gasteiger partial charge in [0.05, 0.1) is 19.8 Å². The van der Waals surface area contributed by atoms with Crippen LogP contribution in [0.2, 0.25) is 0 Å². The minimum absolute atomic E-state index is 0. The van der Waals surface area contributed by atoms with Crippen LogP contribution in [0.15, 0.2) is 0 Å². The van der Waals surface area contributed by atoms with Crippen LogP contribution in [0.25, 0.3) is 0 Å². The SMILES string of the molecule is OCCN(CCO)CCO.O[Si](O)(O)O.[NaH]. The Kier molecular flexibility index (Phi) is 19.3. The molecule has 16 heavy (non-hydrogen) atoms. The van der Waals surface area contributed by atoms with E-state index in [2.05, 4.69) is 0 Å². The third-order valence-corrected chi connectivity index (χ3v) is 1.25. The zero-order valence-electron chi connectivity index (χ0n) is 8.32. The van der Waals surface area contributed by atoms with E-state index in [0.717, 1.165) is 0 Å². The summed E-state index contributed by atoms with van der Waals surface area (Å²) < 4.78 is 0. The summed E-state index contributed by atoms with van der Waals surface area (Å²) in [6.07, 6.45) is 0. The van der Waals surface area contributed by atoms with E-state index in [-0.39, 0.29) is 49.4 Å². The fraction of sp³-hybridized carbons (Fsp3) is 1.00. The Morgan fingerprint density at radius 2 is 0.875 bits per heavy atom. The molecule has 0 radical (unpaired) electrons. The molecule has 0 aromatic rings. The first-order valence-corrected chi connectivity index (χ1v) is 6.08. The molecule has 0 aliphatic carbocycles. The zero-order valence-corrected chi connectivity index (χ0v) is 9.32. The van der Waals surface area contributed by atoms with E-state index in [1.54, 1.807) is 4.90 Å². The van der Waals surface area contributed by atoms with Crippen LogP contribution in [0, 0.1) is 0 Å². The van der Waals surface area contributed by atoms with Crippen molar-refractivity contribution in [1.29, 1.82) is 0 Å². The van der Waals surface area contributed by atoms with E-state index < -0.39 is 9.05 Å². The van der Waals surface area contributed by atoms with Crippen LogP contribution < -0.4 is 0 Å². The van der Waals surface area contributed by atoms with Crippen LogP contribution in [0.4, 0.5) is 0 Å². The molecule has 0 fully saturated rings. The molecule has 0 amide bonds. The molecule has 10 heteroatoms. The Morgan fingerprint density at radius 3 is 1.00 bits per heavy atom. The number of nitrogens with zero attached hydrogens (tertiary/aromatic N) is 1. The van der Waals surface area contributed by atoms with Crippen molar-refractivity contribution in [3.05, 3.63) is 0 Å². The molecular formula is C6H20NNaO7Si. The first-order valence-electron chi connectivity index (χ1n) is 4.29. The van der Waals surface area contributed by atoms with Crippen LogP contribution in [0.1, 0.15) is 0 Å². The summed E-state index contributed by atoms with van der Waals surface area (Å²) in [4.78, 5) is 31.1. The second-order valence-electron chi connectivity index (χ2n) is 2.61. The van der Waals surface area contributed by atoms with Crippen molar-refractivity contribution in [2.24, 2.45) is 0 Å². The summed E-state index contributed by atoms with van der Waals surface area (Å²) in [5, 5.41) is 25.5. The molecule has 0 aliphatic heterocycles. The molecule has 0 bridgehead atoms. The third kappa shape index (κ3) is 29.4. The van der Waals surface area contributed by atoms with Gasteiger partial charge in [0.15, 0.2) is 0 Å². The van der Waals surface area contributed by atoms with Gasteiger partial charge in [-0.3, -0.25) is 4.90 Å². The van der Waals surface area contributed by atoms with Crippen LogP contribution in [-0.2, 0) is 0 Å². The van der Waals surface area contributed by atoms with E-state index in [1.165, 1.54) is 0 Å². The molecule has 0 atom stereocenters. The van der Waals surface area contributed by atoms with Gasteiger partial charge in [0.1, 0.15) is 0 Å². The molecule has 0 aliphatic rings. The van der Waals surface area contributed by atoms with E-state index in [9.17, 15) is 0 Å². The molecule has 0 spiro atoms.